The fraction of sp³-hybridized carbons (Fsp3) is 0. The molecule has 2 aromatic rings. The van der Waals surface area contributed by atoms with Gasteiger partial charge in [0.15, 0.2) is 0 Å². The van der Waals surface area contributed by atoms with Gasteiger partial charge in [0.2, 0.25) is 0 Å². The quantitative estimate of drug-likeness (QED) is 0.654. The lowest BCUT2D eigenvalue weighted by molar-refractivity contribution is 0.0694. The fourth-order valence-electron chi connectivity index (χ4n) is 1.46. The van der Waals surface area contributed by atoms with E-state index in [2.05, 4.69) is 22.6 Å². The molecule has 0 atom stereocenters. The second-order valence-electron chi connectivity index (χ2n) is 3.62. The lowest BCUT2D eigenvalue weighted by atomic mass is 10.2. The lowest BCUT2D eigenvalue weighted by Crippen LogP contribution is -2.01. The first-order valence-electron chi connectivity index (χ1n) is 5.12. The number of anilines is 1. The Morgan fingerprint density at radius 3 is 2.67 bits per heavy atom. The van der Waals surface area contributed by atoms with Crippen LogP contribution in [0.15, 0.2) is 42.5 Å². The molecular weight excluding hydrogens is 345 g/mol. The molecule has 0 aliphatic heterocycles. The molecule has 4 nitrogen and oxygen atoms in total. The molecule has 3 N–H and O–H groups in total. The Kier molecular flexibility index (Phi) is 3.71. The number of ether oxygens (including phenoxy) is 1. The van der Waals surface area contributed by atoms with Crippen molar-refractivity contribution in [3.63, 3.8) is 0 Å². The molecule has 92 valence electrons. The minimum Gasteiger partial charge on any atom is -0.478 e. The van der Waals surface area contributed by atoms with Gasteiger partial charge in [0.1, 0.15) is 17.1 Å². The highest BCUT2D eigenvalue weighted by atomic mass is 127. The molecule has 0 saturated carbocycles. The van der Waals surface area contributed by atoms with Gasteiger partial charge < -0.3 is 15.6 Å². The Hall–Kier alpha value is -1.76. The van der Waals surface area contributed by atoms with E-state index in [-0.39, 0.29) is 11.3 Å². The number of carbonyl (C=O) groups is 1. The van der Waals surface area contributed by atoms with E-state index in [1.807, 2.05) is 18.2 Å². The number of carboxylic acids is 1. The number of benzene rings is 2. The van der Waals surface area contributed by atoms with Crippen LogP contribution in [-0.4, -0.2) is 11.1 Å². The molecule has 18 heavy (non-hydrogen) atoms. The van der Waals surface area contributed by atoms with Crippen LogP contribution in [0.3, 0.4) is 0 Å². The Bertz CT molecular complexity index is 599. The molecule has 0 bridgehead atoms. The van der Waals surface area contributed by atoms with Crippen LogP contribution in [0.1, 0.15) is 10.4 Å². The maximum absolute atomic E-state index is 11.1. The molecular formula is C13H10INO3. The van der Waals surface area contributed by atoms with E-state index in [0.29, 0.717) is 11.4 Å². The van der Waals surface area contributed by atoms with Crippen LogP contribution in [0.25, 0.3) is 0 Å². The molecule has 0 fully saturated rings. The number of hydrogen-bond donors (Lipinski definition) is 2. The molecule has 0 radical (unpaired) electrons. The maximum atomic E-state index is 11.1. The fourth-order valence-corrected chi connectivity index (χ4v) is 1.97. The summed E-state index contributed by atoms with van der Waals surface area (Å²) in [6.07, 6.45) is 0. The monoisotopic (exact) mass is 355 g/mol. The predicted octanol–water partition coefficient (Wildman–Crippen LogP) is 3.36. The minimum atomic E-state index is -1.05. The zero-order valence-corrected chi connectivity index (χ0v) is 11.4. The molecule has 0 unspecified atom stereocenters. The van der Waals surface area contributed by atoms with Gasteiger partial charge in [-0.1, -0.05) is 6.07 Å². The topological polar surface area (TPSA) is 72.6 Å². The Morgan fingerprint density at radius 2 is 2.00 bits per heavy atom. The second-order valence-corrected chi connectivity index (χ2v) is 4.87. The molecule has 0 aliphatic carbocycles. The summed E-state index contributed by atoms with van der Waals surface area (Å²) in [5, 5.41) is 9.07. The van der Waals surface area contributed by atoms with Crippen LogP contribution in [-0.2, 0) is 0 Å². The summed E-state index contributed by atoms with van der Waals surface area (Å²) < 4.78 is 6.57. The van der Waals surface area contributed by atoms with Crippen molar-refractivity contribution >= 4 is 34.2 Å². The number of halogens is 1. The van der Waals surface area contributed by atoms with Crippen LogP contribution < -0.4 is 10.5 Å². The Labute approximate surface area is 118 Å². The SMILES string of the molecule is Nc1ccc(C(=O)O)c(Oc2cccc(I)c2)c1. The summed E-state index contributed by atoms with van der Waals surface area (Å²) >= 11 is 2.16. The highest BCUT2D eigenvalue weighted by Crippen LogP contribution is 2.28. The summed E-state index contributed by atoms with van der Waals surface area (Å²) in [6.45, 7) is 0. The molecule has 0 aliphatic rings. The summed E-state index contributed by atoms with van der Waals surface area (Å²) in [5.74, 6) is -0.227. The van der Waals surface area contributed by atoms with Gasteiger partial charge in [0.25, 0.3) is 0 Å². The molecule has 2 rings (SSSR count). The van der Waals surface area contributed by atoms with Crippen LogP contribution in [0.4, 0.5) is 5.69 Å². The summed E-state index contributed by atoms with van der Waals surface area (Å²) in [4.78, 5) is 11.1. The first-order chi connectivity index (χ1) is 8.56. The second kappa shape index (κ2) is 5.26. The summed E-state index contributed by atoms with van der Waals surface area (Å²) in [5.41, 5.74) is 6.18. The summed E-state index contributed by atoms with van der Waals surface area (Å²) in [7, 11) is 0. The maximum Gasteiger partial charge on any atom is 0.339 e. The number of rotatable bonds is 3. The van der Waals surface area contributed by atoms with Crippen LogP contribution >= 0.6 is 22.6 Å². The Morgan fingerprint density at radius 1 is 1.22 bits per heavy atom. The third-order valence-electron chi connectivity index (χ3n) is 2.26. The van der Waals surface area contributed by atoms with Gasteiger partial charge in [0, 0.05) is 15.3 Å². The van der Waals surface area contributed by atoms with E-state index in [4.69, 9.17) is 15.6 Å². The number of hydrogen-bond acceptors (Lipinski definition) is 3. The van der Waals surface area contributed by atoms with E-state index >= 15 is 0 Å². The lowest BCUT2D eigenvalue weighted by Gasteiger charge is -2.09. The molecule has 0 amide bonds. The molecule has 0 saturated heterocycles. The first-order valence-corrected chi connectivity index (χ1v) is 6.20. The third-order valence-corrected chi connectivity index (χ3v) is 2.93. The average molecular weight is 355 g/mol. The van der Waals surface area contributed by atoms with E-state index in [0.717, 1.165) is 3.57 Å². The van der Waals surface area contributed by atoms with Crippen molar-refractivity contribution in [2.75, 3.05) is 5.73 Å². The third kappa shape index (κ3) is 2.92. The van der Waals surface area contributed by atoms with E-state index in [9.17, 15) is 4.79 Å². The molecule has 0 spiro atoms. The smallest absolute Gasteiger partial charge is 0.339 e. The number of nitrogen functional groups attached to an aromatic ring is 1. The zero-order valence-electron chi connectivity index (χ0n) is 9.26. The highest BCUT2D eigenvalue weighted by molar-refractivity contribution is 14.1. The number of aromatic carboxylic acids is 1. The number of nitrogens with two attached hydrogens (primary N) is 1. The van der Waals surface area contributed by atoms with Gasteiger partial charge in [-0.3, -0.25) is 0 Å². The summed E-state index contributed by atoms with van der Waals surface area (Å²) in [6, 6.07) is 11.8. The molecule has 0 heterocycles. The van der Waals surface area contributed by atoms with Crippen LogP contribution in [0.5, 0.6) is 11.5 Å². The predicted molar refractivity (Wildman–Crippen MR) is 77.0 cm³/mol. The standard InChI is InChI=1S/C13H10INO3/c14-8-2-1-3-10(6-8)18-12-7-9(15)4-5-11(12)13(16)17/h1-7H,15H2,(H,16,17). The van der Waals surface area contributed by atoms with Crippen molar-refractivity contribution in [1.29, 1.82) is 0 Å². The highest BCUT2D eigenvalue weighted by Gasteiger charge is 2.12. The van der Waals surface area contributed by atoms with Gasteiger partial charge in [-0.25, -0.2) is 4.79 Å². The van der Waals surface area contributed by atoms with Gasteiger partial charge in [-0.15, -0.1) is 0 Å². The molecule has 5 heteroatoms. The van der Waals surface area contributed by atoms with E-state index < -0.39 is 5.97 Å². The van der Waals surface area contributed by atoms with Gasteiger partial charge in [-0.2, -0.15) is 0 Å². The number of carboxylic acid groups (broad SMARTS) is 1. The van der Waals surface area contributed by atoms with E-state index in [1.165, 1.54) is 18.2 Å². The van der Waals surface area contributed by atoms with Crippen molar-refractivity contribution in [2.45, 2.75) is 0 Å². The van der Waals surface area contributed by atoms with Crippen LogP contribution in [0.2, 0.25) is 0 Å². The van der Waals surface area contributed by atoms with Crippen LogP contribution in [0, 0.1) is 3.57 Å². The first kappa shape index (κ1) is 12.7. The van der Waals surface area contributed by atoms with Gasteiger partial charge >= 0.3 is 5.97 Å². The van der Waals surface area contributed by atoms with Gasteiger partial charge in [0.05, 0.1) is 0 Å². The van der Waals surface area contributed by atoms with Crippen molar-refractivity contribution < 1.29 is 14.6 Å². The molecule has 2 aromatic carbocycles. The Balaban J connectivity index is 2.39. The van der Waals surface area contributed by atoms with Crippen molar-refractivity contribution in [2.24, 2.45) is 0 Å². The average Bonchev–Trinajstić information content (AvgIpc) is 2.28. The van der Waals surface area contributed by atoms with Crippen molar-refractivity contribution in [3.05, 3.63) is 51.6 Å². The van der Waals surface area contributed by atoms with Crippen molar-refractivity contribution in [1.82, 2.24) is 0 Å². The van der Waals surface area contributed by atoms with Gasteiger partial charge in [-0.05, 0) is 52.9 Å². The van der Waals surface area contributed by atoms with Crippen molar-refractivity contribution in [3.8, 4) is 11.5 Å². The normalized spacial score (nSPS) is 10.1. The minimum absolute atomic E-state index is 0.0862. The molecule has 0 aromatic heterocycles. The largest absolute Gasteiger partial charge is 0.478 e. The zero-order chi connectivity index (χ0) is 13.1. The van der Waals surface area contributed by atoms with E-state index in [1.54, 1.807) is 6.07 Å².